The molecule has 3 rings (SSSR count). The van der Waals surface area contributed by atoms with Gasteiger partial charge in [-0.3, -0.25) is 0 Å². The quantitative estimate of drug-likeness (QED) is 0.331. The topological polar surface area (TPSA) is 9.23 Å². The van der Waals surface area contributed by atoms with Crippen molar-refractivity contribution in [2.75, 3.05) is 13.2 Å². The monoisotopic (exact) mass is 394 g/mol. The molecule has 1 heterocycles. The molecule has 22 heavy (non-hydrogen) atoms. The molecule has 0 atom stereocenters. The number of ether oxygens (including phenoxy) is 1. The normalized spacial score (nSPS) is 19.1. The molecule has 1 saturated heterocycles. The van der Waals surface area contributed by atoms with E-state index in [-0.39, 0.29) is 33.6 Å². The molecule has 10 radical (unpaired) electrons. The van der Waals surface area contributed by atoms with E-state index in [1.165, 1.54) is 12.8 Å². The van der Waals surface area contributed by atoms with Gasteiger partial charge in [-0.05, 0) is 77.0 Å². The van der Waals surface area contributed by atoms with Crippen molar-refractivity contribution in [3.05, 3.63) is 71.6 Å². The minimum Gasteiger partial charge on any atom is -0.418 e. The summed E-state index contributed by atoms with van der Waals surface area (Å²) in [5.41, 5.74) is 0. The average Bonchev–Trinajstić information content (AvgIpc) is 3.17. The first-order valence-corrected chi connectivity index (χ1v) is 6.28. The first kappa shape index (κ1) is 27.5. The summed E-state index contributed by atoms with van der Waals surface area (Å²) in [6.45, 7) is 2.00. The molecule has 7 heteroatoms. The fraction of sp³-hybridized carbons (Fsp3) is 0.267. The van der Waals surface area contributed by atoms with Crippen molar-refractivity contribution >= 4 is 7.25 Å². The Morgan fingerprint density at radius 3 is 0.864 bits per heavy atom. The van der Waals surface area contributed by atoms with Gasteiger partial charge in [0.1, 0.15) is 0 Å². The van der Waals surface area contributed by atoms with Gasteiger partial charge in [-0.15, -0.1) is 0 Å². The van der Waals surface area contributed by atoms with Gasteiger partial charge in [0.25, 0.3) is 0 Å². The number of hydrogen-bond acceptors (Lipinski definition) is 1. The zero-order valence-electron chi connectivity index (χ0n) is 12.6. The zero-order valence-corrected chi connectivity index (χ0v) is 15.1. The Labute approximate surface area is 153 Å². The van der Waals surface area contributed by atoms with Crippen LogP contribution >= 0.6 is 0 Å². The van der Waals surface area contributed by atoms with E-state index in [2.05, 4.69) is 0 Å². The predicted molar refractivity (Wildman–Crippen MR) is 79.7 cm³/mol. The molecule has 2 saturated carbocycles. The zero-order chi connectivity index (χ0) is 15.1. The molecular weight excluding hydrogens is 374 g/mol. The number of hydrogen-bond donors (Lipinski definition) is 0. The first-order chi connectivity index (χ1) is 9.50. The summed E-state index contributed by atoms with van der Waals surface area (Å²) in [6.07, 6.45) is 22.6. The van der Waals surface area contributed by atoms with Crippen LogP contribution in [0.1, 0.15) is 12.8 Å². The van der Waals surface area contributed by atoms with Gasteiger partial charge in [-0.2, -0.15) is 0 Å². The van der Waals surface area contributed by atoms with Crippen molar-refractivity contribution in [3.8, 4) is 0 Å². The van der Waals surface area contributed by atoms with E-state index in [9.17, 15) is 17.3 Å². The molecule has 0 amide bonds. The predicted octanol–water partition coefficient (Wildman–Crippen LogP) is 4.59. The summed E-state index contributed by atoms with van der Waals surface area (Å²) in [4.78, 5) is 0. The van der Waals surface area contributed by atoms with Crippen molar-refractivity contribution in [1.82, 2.24) is 0 Å². The molecule has 0 N–H and O–H groups in total. The summed E-state index contributed by atoms with van der Waals surface area (Å²) < 4.78 is 43.9. The second-order valence-corrected chi connectivity index (χ2v) is 3.74. The van der Waals surface area contributed by atoms with Crippen LogP contribution in [0.5, 0.6) is 0 Å². The summed E-state index contributed by atoms with van der Waals surface area (Å²) in [7, 11) is -6.00. The van der Waals surface area contributed by atoms with Gasteiger partial charge < -0.3 is 29.4 Å². The van der Waals surface area contributed by atoms with E-state index in [4.69, 9.17) is 4.74 Å². The Balaban J connectivity index is -0.000000212. The summed E-state index contributed by atoms with van der Waals surface area (Å²) in [6, 6.07) is 0. The minimum absolute atomic E-state index is 0. The molecule has 3 aliphatic rings. The molecule has 0 bridgehead atoms. The van der Waals surface area contributed by atoms with Crippen LogP contribution in [0.4, 0.5) is 17.3 Å². The van der Waals surface area contributed by atoms with Crippen LogP contribution in [-0.4, -0.2) is 20.5 Å². The van der Waals surface area contributed by atoms with Crippen LogP contribution in [0.15, 0.2) is 0 Å². The van der Waals surface area contributed by atoms with E-state index in [1.54, 1.807) is 0 Å². The molecule has 0 aromatic heterocycles. The average molecular weight is 395 g/mol. The second-order valence-electron chi connectivity index (χ2n) is 3.74. The third-order valence-electron chi connectivity index (χ3n) is 1.94. The Kier molecular flexibility index (Phi) is 24.6. The van der Waals surface area contributed by atoms with E-state index in [0.717, 1.165) is 13.2 Å². The Hall–Kier alpha value is 0.628. The van der Waals surface area contributed by atoms with Crippen molar-refractivity contribution in [1.29, 1.82) is 0 Å². The number of halogens is 4. The van der Waals surface area contributed by atoms with Crippen LogP contribution in [0, 0.1) is 71.6 Å². The summed E-state index contributed by atoms with van der Waals surface area (Å²) in [5, 5.41) is 0. The van der Waals surface area contributed by atoms with Crippen molar-refractivity contribution in [3.63, 3.8) is 0 Å². The summed E-state index contributed by atoms with van der Waals surface area (Å²) >= 11 is 0. The SMILES string of the molecule is C1CCOC1.F[B-](F)(F)F.[CH3-].[CH]1[CH][CH][CH][CH]1.[CH]1[CH][CH][CH][CH]1.[Zr+2]. The van der Waals surface area contributed by atoms with Gasteiger partial charge in [0, 0.05) is 13.2 Å². The van der Waals surface area contributed by atoms with Gasteiger partial charge in [-0.25, -0.2) is 0 Å². The Bertz CT molecular complexity index is 142. The fourth-order valence-corrected chi connectivity index (χ4v) is 1.15. The molecule has 0 aromatic carbocycles. The molecule has 122 valence electrons. The molecule has 0 unspecified atom stereocenters. The maximum atomic E-state index is 9.75. The molecule has 2 aliphatic carbocycles. The molecule has 1 aliphatic heterocycles. The van der Waals surface area contributed by atoms with Gasteiger partial charge in [0.2, 0.25) is 0 Å². The van der Waals surface area contributed by atoms with Crippen LogP contribution in [0.25, 0.3) is 0 Å². The van der Waals surface area contributed by atoms with Crippen molar-refractivity contribution < 1.29 is 48.2 Å². The first-order valence-electron chi connectivity index (χ1n) is 6.28. The van der Waals surface area contributed by atoms with E-state index in [0.29, 0.717) is 0 Å². The summed E-state index contributed by atoms with van der Waals surface area (Å²) in [5.74, 6) is 0. The van der Waals surface area contributed by atoms with Gasteiger partial charge in [0.05, 0.1) is 0 Å². The van der Waals surface area contributed by atoms with E-state index < -0.39 is 7.25 Å². The van der Waals surface area contributed by atoms with E-state index >= 15 is 0 Å². The van der Waals surface area contributed by atoms with Crippen LogP contribution in [0.2, 0.25) is 0 Å². The molecule has 1 nitrogen and oxygen atoms in total. The van der Waals surface area contributed by atoms with Crippen LogP contribution < -0.4 is 0 Å². The van der Waals surface area contributed by atoms with E-state index in [1.807, 2.05) is 64.2 Å². The van der Waals surface area contributed by atoms with Gasteiger partial charge in [-0.1, -0.05) is 0 Å². The molecule has 0 aromatic rings. The van der Waals surface area contributed by atoms with Crippen LogP contribution in [-0.2, 0) is 30.9 Å². The second kappa shape index (κ2) is 19.7. The standard InChI is InChI=1S/2C5H5.C4H8O.CH3.BF4.Zr/c3*1-2-4-5-3-1;;2-1(3,4)5;/h2*1-5H;1-4H2;1H3;;/q;;;2*-1;+2. The Morgan fingerprint density at radius 1 is 0.591 bits per heavy atom. The van der Waals surface area contributed by atoms with Gasteiger partial charge >= 0.3 is 33.5 Å². The van der Waals surface area contributed by atoms with Crippen LogP contribution in [0.3, 0.4) is 0 Å². The van der Waals surface area contributed by atoms with Gasteiger partial charge in [0.15, 0.2) is 0 Å². The Morgan fingerprint density at radius 2 is 0.773 bits per heavy atom. The molecule has 3 fully saturated rings. The maximum Gasteiger partial charge on any atom is 2.00 e. The maximum absolute atomic E-state index is 9.75. The fourth-order valence-electron chi connectivity index (χ4n) is 1.15. The third kappa shape index (κ3) is 32.5. The third-order valence-corrected chi connectivity index (χ3v) is 1.94. The number of rotatable bonds is 0. The van der Waals surface area contributed by atoms with Crippen molar-refractivity contribution in [2.24, 2.45) is 0 Å². The minimum atomic E-state index is -6.00. The van der Waals surface area contributed by atoms with Crippen molar-refractivity contribution in [2.45, 2.75) is 12.8 Å². The molecule has 0 spiro atoms. The smallest absolute Gasteiger partial charge is 0.418 e. The largest absolute Gasteiger partial charge is 2.00 e. The molecular formula is C15H21BF4OZr.